The Hall–Kier alpha value is -2.21. The average molecular weight is 412 g/mol. The Balaban J connectivity index is 1.64. The molecule has 0 saturated carbocycles. The lowest BCUT2D eigenvalue weighted by molar-refractivity contribution is -0.135. The summed E-state index contributed by atoms with van der Waals surface area (Å²) in [6.07, 6.45) is 0.695. The number of nitrogens with zero attached hydrogens (tertiary/aromatic N) is 3. The van der Waals surface area contributed by atoms with Gasteiger partial charge in [-0.2, -0.15) is 5.10 Å². The van der Waals surface area contributed by atoms with E-state index in [1.165, 1.54) is 11.1 Å². The summed E-state index contributed by atoms with van der Waals surface area (Å²) >= 11 is 6.08. The fourth-order valence-electron chi connectivity index (χ4n) is 3.92. The number of morpholine rings is 1. The van der Waals surface area contributed by atoms with Gasteiger partial charge in [-0.05, 0) is 43.2 Å². The number of hydrazone groups is 1. The van der Waals surface area contributed by atoms with Crippen molar-refractivity contribution in [2.45, 2.75) is 26.3 Å². The standard InChI is InChI=1S/C23H26ClN3O2/c1-16-3-4-17(2)20(13-16)21-14-22(18-5-7-19(24)8-6-18)27(25-21)23(28)15-26-9-11-29-12-10-26/h3-8,13,22H,9-12,14-15H2,1-2H3. The molecule has 2 aliphatic heterocycles. The third-order valence-electron chi connectivity index (χ3n) is 5.59. The van der Waals surface area contributed by atoms with E-state index in [1.807, 2.05) is 24.3 Å². The molecule has 4 rings (SSSR count). The molecule has 0 radical (unpaired) electrons. The number of amides is 1. The maximum atomic E-state index is 13.2. The maximum absolute atomic E-state index is 13.2. The molecule has 0 aromatic heterocycles. The highest BCUT2D eigenvalue weighted by molar-refractivity contribution is 6.30. The first-order valence-electron chi connectivity index (χ1n) is 10.0. The summed E-state index contributed by atoms with van der Waals surface area (Å²) in [5, 5.41) is 7.18. The molecular formula is C23H26ClN3O2. The molecule has 2 heterocycles. The summed E-state index contributed by atoms with van der Waals surface area (Å²) in [7, 11) is 0. The molecule has 29 heavy (non-hydrogen) atoms. The Morgan fingerprint density at radius 3 is 2.59 bits per heavy atom. The van der Waals surface area contributed by atoms with Gasteiger partial charge in [-0.15, -0.1) is 0 Å². The Kier molecular flexibility index (Phi) is 5.99. The summed E-state index contributed by atoms with van der Waals surface area (Å²) in [6.45, 7) is 7.42. The van der Waals surface area contributed by atoms with E-state index in [-0.39, 0.29) is 11.9 Å². The summed E-state index contributed by atoms with van der Waals surface area (Å²) in [5.74, 6) is 0.0205. The highest BCUT2D eigenvalue weighted by Crippen LogP contribution is 2.34. The van der Waals surface area contributed by atoms with Gasteiger partial charge in [0.2, 0.25) is 0 Å². The number of ether oxygens (including phenoxy) is 1. The summed E-state index contributed by atoms with van der Waals surface area (Å²) in [6, 6.07) is 14.0. The van der Waals surface area contributed by atoms with E-state index in [9.17, 15) is 4.79 Å². The zero-order valence-corrected chi connectivity index (χ0v) is 17.7. The van der Waals surface area contributed by atoms with Crippen molar-refractivity contribution in [3.05, 3.63) is 69.7 Å². The smallest absolute Gasteiger partial charge is 0.257 e. The number of carbonyl (C=O) groups is 1. The lowest BCUT2D eigenvalue weighted by atomic mass is 9.95. The van der Waals surface area contributed by atoms with Crippen molar-refractivity contribution >= 4 is 23.2 Å². The zero-order valence-electron chi connectivity index (χ0n) is 16.9. The molecule has 1 unspecified atom stereocenters. The van der Waals surface area contributed by atoms with Crippen LogP contribution in [0.4, 0.5) is 0 Å². The maximum Gasteiger partial charge on any atom is 0.257 e. The van der Waals surface area contributed by atoms with Gasteiger partial charge < -0.3 is 4.74 Å². The van der Waals surface area contributed by atoms with Crippen LogP contribution in [-0.2, 0) is 9.53 Å². The highest BCUT2D eigenvalue weighted by Gasteiger charge is 2.34. The minimum absolute atomic E-state index is 0.0205. The fraction of sp³-hybridized carbons (Fsp3) is 0.391. The van der Waals surface area contributed by atoms with Gasteiger partial charge in [-0.1, -0.05) is 41.4 Å². The van der Waals surface area contributed by atoms with Gasteiger partial charge in [0.1, 0.15) is 0 Å². The van der Waals surface area contributed by atoms with Crippen LogP contribution in [0.2, 0.25) is 5.02 Å². The van der Waals surface area contributed by atoms with Crippen LogP contribution in [0.5, 0.6) is 0 Å². The Bertz CT molecular complexity index is 920. The largest absolute Gasteiger partial charge is 0.379 e. The number of hydrogen-bond acceptors (Lipinski definition) is 4. The van der Waals surface area contributed by atoms with Crippen molar-refractivity contribution in [3.63, 3.8) is 0 Å². The second-order valence-electron chi connectivity index (χ2n) is 7.76. The number of benzene rings is 2. The van der Waals surface area contributed by atoms with Crippen molar-refractivity contribution in [1.29, 1.82) is 0 Å². The Morgan fingerprint density at radius 2 is 1.86 bits per heavy atom. The van der Waals surface area contributed by atoms with Crippen LogP contribution in [0, 0.1) is 13.8 Å². The van der Waals surface area contributed by atoms with Gasteiger partial charge in [-0.25, -0.2) is 5.01 Å². The number of hydrogen-bond donors (Lipinski definition) is 0. The molecule has 1 fully saturated rings. The third-order valence-corrected chi connectivity index (χ3v) is 5.84. The molecule has 6 heteroatoms. The first-order valence-corrected chi connectivity index (χ1v) is 10.4. The van der Waals surface area contributed by atoms with Gasteiger partial charge in [0.15, 0.2) is 0 Å². The number of rotatable bonds is 4. The molecule has 0 bridgehead atoms. The van der Waals surface area contributed by atoms with Crippen molar-refractivity contribution in [3.8, 4) is 0 Å². The number of halogens is 1. The molecular weight excluding hydrogens is 386 g/mol. The number of carbonyl (C=O) groups excluding carboxylic acids is 1. The Morgan fingerprint density at radius 1 is 1.14 bits per heavy atom. The topological polar surface area (TPSA) is 45.1 Å². The van der Waals surface area contributed by atoms with Gasteiger partial charge >= 0.3 is 0 Å². The summed E-state index contributed by atoms with van der Waals surface area (Å²) < 4.78 is 5.40. The molecule has 2 aromatic rings. The number of aryl methyl sites for hydroxylation is 2. The van der Waals surface area contributed by atoms with E-state index in [4.69, 9.17) is 21.4 Å². The van der Waals surface area contributed by atoms with Gasteiger partial charge in [-0.3, -0.25) is 9.69 Å². The van der Waals surface area contributed by atoms with Crippen LogP contribution in [0.1, 0.15) is 34.7 Å². The molecule has 0 spiro atoms. The molecule has 1 saturated heterocycles. The molecule has 2 aliphatic rings. The highest BCUT2D eigenvalue weighted by atomic mass is 35.5. The minimum atomic E-state index is -0.115. The van der Waals surface area contributed by atoms with Crippen LogP contribution in [0.25, 0.3) is 0 Å². The van der Waals surface area contributed by atoms with Crippen molar-refractivity contribution in [1.82, 2.24) is 9.91 Å². The molecule has 1 amide bonds. The monoisotopic (exact) mass is 411 g/mol. The SMILES string of the molecule is Cc1ccc(C)c(C2=NN(C(=O)CN3CCOCC3)C(c3ccc(Cl)cc3)C2)c1. The molecule has 1 atom stereocenters. The quantitative estimate of drug-likeness (QED) is 0.764. The summed E-state index contributed by atoms with van der Waals surface area (Å²) in [5.41, 5.74) is 5.49. The van der Waals surface area contributed by atoms with Gasteiger partial charge in [0.25, 0.3) is 5.91 Å². The van der Waals surface area contributed by atoms with Crippen molar-refractivity contribution in [2.24, 2.45) is 5.10 Å². The van der Waals surface area contributed by atoms with E-state index in [0.29, 0.717) is 31.2 Å². The van der Waals surface area contributed by atoms with Crippen LogP contribution in [-0.4, -0.2) is 54.4 Å². The lowest BCUT2D eigenvalue weighted by Gasteiger charge is -2.29. The van der Waals surface area contributed by atoms with Crippen LogP contribution in [0.3, 0.4) is 0 Å². The summed E-state index contributed by atoms with van der Waals surface area (Å²) in [4.78, 5) is 15.3. The fourth-order valence-corrected chi connectivity index (χ4v) is 4.04. The normalized spacial score (nSPS) is 20.0. The second-order valence-corrected chi connectivity index (χ2v) is 8.20. The molecule has 5 nitrogen and oxygen atoms in total. The molecule has 0 aliphatic carbocycles. The second kappa shape index (κ2) is 8.66. The average Bonchev–Trinajstić information content (AvgIpc) is 3.16. The van der Waals surface area contributed by atoms with Crippen molar-refractivity contribution in [2.75, 3.05) is 32.8 Å². The van der Waals surface area contributed by atoms with E-state index < -0.39 is 0 Å². The predicted octanol–water partition coefficient (Wildman–Crippen LogP) is 3.97. The van der Waals surface area contributed by atoms with Gasteiger partial charge in [0.05, 0.1) is 31.5 Å². The molecule has 0 N–H and O–H groups in total. The van der Waals surface area contributed by atoms with Crippen LogP contribution >= 0.6 is 11.6 Å². The first kappa shape index (κ1) is 20.1. The van der Waals surface area contributed by atoms with Crippen LogP contribution < -0.4 is 0 Å². The van der Waals surface area contributed by atoms with E-state index in [0.717, 1.165) is 29.9 Å². The van der Waals surface area contributed by atoms with Gasteiger partial charge in [0, 0.05) is 30.1 Å². The van der Waals surface area contributed by atoms with Crippen LogP contribution in [0.15, 0.2) is 47.6 Å². The van der Waals surface area contributed by atoms with E-state index in [1.54, 1.807) is 5.01 Å². The lowest BCUT2D eigenvalue weighted by Crippen LogP contribution is -2.43. The Labute approximate surface area is 176 Å². The van der Waals surface area contributed by atoms with Crippen molar-refractivity contribution < 1.29 is 9.53 Å². The molecule has 152 valence electrons. The first-order chi connectivity index (χ1) is 14.0. The predicted molar refractivity (Wildman–Crippen MR) is 115 cm³/mol. The minimum Gasteiger partial charge on any atom is -0.379 e. The zero-order chi connectivity index (χ0) is 20.4. The molecule has 2 aromatic carbocycles. The van der Waals surface area contributed by atoms with E-state index >= 15 is 0 Å². The van der Waals surface area contributed by atoms with E-state index in [2.05, 4.69) is 36.9 Å². The third kappa shape index (κ3) is 4.53.